The first-order valence-electron chi connectivity index (χ1n) is 6.17. The lowest BCUT2D eigenvalue weighted by atomic mass is 10.2. The third kappa shape index (κ3) is 3.49. The predicted octanol–water partition coefficient (Wildman–Crippen LogP) is 2.35. The molecule has 1 amide bonds. The van der Waals surface area contributed by atoms with Gasteiger partial charge in [0.2, 0.25) is 0 Å². The van der Waals surface area contributed by atoms with E-state index in [0.29, 0.717) is 17.2 Å². The number of nitrogens with zero attached hydrogens (tertiary/aromatic N) is 1. The van der Waals surface area contributed by atoms with Crippen LogP contribution in [0.15, 0.2) is 18.2 Å². The molecule has 6 heteroatoms. The Morgan fingerprint density at radius 3 is 2.80 bits per heavy atom. The third-order valence-corrected chi connectivity index (χ3v) is 3.44. The smallest absolute Gasteiger partial charge is 0.309 e. The molecule has 0 saturated heterocycles. The minimum atomic E-state index is -0.438. The molecule has 1 saturated carbocycles. The molecule has 1 fully saturated rings. The average Bonchev–Trinajstić information content (AvgIpc) is 3.13. The van der Waals surface area contributed by atoms with Crippen LogP contribution in [0.25, 0.3) is 0 Å². The highest BCUT2D eigenvalue weighted by atomic mass is 35.5. The van der Waals surface area contributed by atoms with Gasteiger partial charge in [-0.3, -0.25) is 9.59 Å². The molecule has 1 aromatic rings. The first-order valence-corrected chi connectivity index (χ1v) is 6.55. The van der Waals surface area contributed by atoms with Crippen molar-refractivity contribution in [2.24, 2.45) is 11.8 Å². The minimum absolute atomic E-state index is 0.0628. The SMILES string of the molecule is C[C@@H]1C[C@@H]1C(=O)OCC(=O)Nc1ccc(C#N)c(Cl)c1. The van der Waals surface area contributed by atoms with E-state index in [1.165, 1.54) is 12.1 Å². The van der Waals surface area contributed by atoms with E-state index in [4.69, 9.17) is 21.6 Å². The molecule has 2 atom stereocenters. The number of ether oxygens (including phenoxy) is 1. The number of rotatable bonds is 4. The molecule has 104 valence electrons. The summed E-state index contributed by atoms with van der Waals surface area (Å²) in [6.07, 6.45) is 0.825. The zero-order chi connectivity index (χ0) is 14.7. The fourth-order valence-electron chi connectivity index (χ4n) is 1.77. The summed E-state index contributed by atoms with van der Waals surface area (Å²) in [7, 11) is 0. The van der Waals surface area contributed by atoms with Crippen molar-refractivity contribution in [3.05, 3.63) is 28.8 Å². The van der Waals surface area contributed by atoms with Crippen LogP contribution in [0.5, 0.6) is 0 Å². The van der Waals surface area contributed by atoms with Gasteiger partial charge in [-0.15, -0.1) is 0 Å². The van der Waals surface area contributed by atoms with Crippen molar-refractivity contribution in [2.45, 2.75) is 13.3 Å². The van der Waals surface area contributed by atoms with E-state index in [9.17, 15) is 9.59 Å². The molecule has 0 unspecified atom stereocenters. The zero-order valence-corrected chi connectivity index (χ0v) is 11.6. The second kappa shape index (κ2) is 5.93. The maximum atomic E-state index is 11.6. The van der Waals surface area contributed by atoms with Gasteiger partial charge in [-0.2, -0.15) is 5.26 Å². The Kier molecular flexibility index (Phi) is 4.26. The quantitative estimate of drug-likeness (QED) is 0.864. The molecule has 1 aliphatic rings. The number of amides is 1. The second-order valence-electron chi connectivity index (χ2n) is 4.78. The molecule has 1 aliphatic carbocycles. The lowest BCUT2D eigenvalue weighted by Crippen LogP contribution is -2.21. The lowest BCUT2D eigenvalue weighted by molar-refractivity contribution is -0.148. The van der Waals surface area contributed by atoms with Gasteiger partial charge in [0.15, 0.2) is 6.61 Å². The number of hydrogen-bond acceptors (Lipinski definition) is 4. The van der Waals surface area contributed by atoms with Gasteiger partial charge in [-0.1, -0.05) is 18.5 Å². The Balaban J connectivity index is 1.84. The van der Waals surface area contributed by atoms with Gasteiger partial charge in [0, 0.05) is 5.69 Å². The Bertz CT molecular complexity index is 595. The van der Waals surface area contributed by atoms with Crippen LogP contribution in [0.3, 0.4) is 0 Å². The zero-order valence-electron chi connectivity index (χ0n) is 10.9. The van der Waals surface area contributed by atoms with Crippen molar-refractivity contribution in [1.29, 1.82) is 5.26 Å². The van der Waals surface area contributed by atoms with Crippen molar-refractivity contribution in [2.75, 3.05) is 11.9 Å². The predicted molar refractivity (Wildman–Crippen MR) is 73.0 cm³/mol. The number of nitriles is 1. The topological polar surface area (TPSA) is 79.2 Å². The van der Waals surface area contributed by atoms with Crippen molar-refractivity contribution in [3.8, 4) is 6.07 Å². The summed E-state index contributed by atoms with van der Waals surface area (Å²) in [6, 6.07) is 6.47. The number of carbonyl (C=O) groups excluding carboxylic acids is 2. The average molecular weight is 293 g/mol. The van der Waals surface area contributed by atoms with E-state index < -0.39 is 5.91 Å². The van der Waals surface area contributed by atoms with Gasteiger partial charge in [-0.05, 0) is 30.5 Å². The summed E-state index contributed by atoms with van der Waals surface area (Å²) >= 11 is 5.85. The maximum absolute atomic E-state index is 11.6. The van der Waals surface area contributed by atoms with E-state index >= 15 is 0 Å². The van der Waals surface area contributed by atoms with Crippen molar-refractivity contribution in [1.82, 2.24) is 0 Å². The number of hydrogen-bond donors (Lipinski definition) is 1. The van der Waals surface area contributed by atoms with Gasteiger partial charge >= 0.3 is 5.97 Å². The summed E-state index contributed by atoms with van der Waals surface area (Å²) < 4.78 is 4.91. The van der Waals surface area contributed by atoms with Gasteiger partial charge in [-0.25, -0.2) is 0 Å². The van der Waals surface area contributed by atoms with E-state index in [2.05, 4.69) is 5.32 Å². The van der Waals surface area contributed by atoms with Crippen LogP contribution >= 0.6 is 11.6 Å². The molecule has 0 spiro atoms. The molecule has 20 heavy (non-hydrogen) atoms. The summed E-state index contributed by atoms with van der Waals surface area (Å²) in [6.45, 7) is 1.64. The Morgan fingerprint density at radius 1 is 1.55 bits per heavy atom. The summed E-state index contributed by atoms with van der Waals surface area (Å²) in [4.78, 5) is 23.1. The molecule has 0 aliphatic heterocycles. The summed E-state index contributed by atoms with van der Waals surface area (Å²) in [5.74, 6) is -0.479. The van der Waals surface area contributed by atoms with Crippen LogP contribution in [0.4, 0.5) is 5.69 Å². The Morgan fingerprint density at radius 2 is 2.25 bits per heavy atom. The minimum Gasteiger partial charge on any atom is -0.455 e. The van der Waals surface area contributed by atoms with Crippen LogP contribution in [0.2, 0.25) is 5.02 Å². The van der Waals surface area contributed by atoms with E-state index in [0.717, 1.165) is 6.42 Å². The first kappa shape index (κ1) is 14.4. The monoisotopic (exact) mass is 292 g/mol. The van der Waals surface area contributed by atoms with Crippen LogP contribution in [0, 0.1) is 23.2 Å². The van der Waals surface area contributed by atoms with E-state index in [-0.39, 0.29) is 23.5 Å². The molecule has 1 aromatic carbocycles. The highest BCUT2D eigenvalue weighted by Gasteiger charge is 2.40. The molecular weight excluding hydrogens is 280 g/mol. The van der Waals surface area contributed by atoms with Crippen molar-refractivity contribution in [3.63, 3.8) is 0 Å². The number of benzene rings is 1. The summed E-state index contributed by atoms with van der Waals surface area (Å²) in [5, 5.41) is 11.5. The normalized spacial score (nSPS) is 19.9. The number of anilines is 1. The molecule has 5 nitrogen and oxygen atoms in total. The van der Waals surface area contributed by atoms with Crippen LogP contribution in [-0.4, -0.2) is 18.5 Å². The fourth-order valence-corrected chi connectivity index (χ4v) is 2.00. The van der Waals surface area contributed by atoms with Gasteiger partial charge < -0.3 is 10.1 Å². The fraction of sp³-hybridized carbons (Fsp3) is 0.357. The number of nitrogens with one attached hydrogen (secondary N) is 1. The molecular formula is C14H13ClN2O3. The molecule has 0 heterocycles. The number of carbonyl (C=O) groups is 2. The van der Waals surface area contributed by atoms with Crippen LogP contribution < -0.4 is 5.32 Å². The van der Waals surface area contributed by atoms with Crippen LogP contribution in [0.1, 0.15) is 18.9 Å². The Labute approximate surface area is 121 Å². The van der Waals surface area contributed by atoms with Crippen molar-refractivity contribution < 1.29 is 14.3 Å². The molecule has 0 bridgehead atoms. The molecule has 0 radical (unpaired) electrons. The van der Waals surface area contributed by atoms with E-state index in [1.807, 2.05) is 13.0 Å². The van der Waals surface area contributed by atoms with E-state index in [1.54, 1.807) is 6.07 Å². The van der Waals surface area contributed by atoms with Gasteiger partial charge in [0.25, 0.3) is 5.91 Å². The van der Waals surface area contributed by atoms with Crippen molar-refractivity contribution >= 4 is 29.2 Å². The standard InChI is InChI=1S/C14H13ClN2O3/c1-8-4-11(8)14(19)20-7-13(18)17-10-3-2-9(6-16)12(15)5-10/h2-3,5,8,11H,4,7H2,1H3,(H,17,18)/t8-,11+/m1/s1. The number of esters is 1. The highest BCUT2D eigenvalue weighted by molar-refractivity contribution is 6.32. The highest BCUT2D eigenvalue weighted by Crippen LogP contribution is 2.38. The largest absolute Gasteiger partial charge is 0.455 e. The maximum Gasteiger partial charge on any atom is 0.309 e. The second-order valence-corrected chi connectivity index (χ2v) is 5.19. The first-order chi connectivity index (χ1) is 9.51. The molecule has 1 N–H and O–H groups in total. The molecule has 2 rings (SSSR count). The lowest BCUT2D eigenvalue weighted by Gasteiger charge is -2.07. The molecule has 0 aromatic heterocycles. The van der Waals surface area contributed by atoms with Gasteiger partial charge in [0.1, 0.15) is 6.07 Å². The summed E-state index contributed by atoms with van der Waals surface area (Å²) in [5.41, 5.74) is 0.786. The number of halogens is 1. The third-order valence-electron chi connectivity index (χ3n) is 3.13. The van der Waals surface area contributed by atoms with Gasteiger partial charge in [0.05, 0.1) is 16.5 Å². The Hall–Kier alpha value is -2.06. The van der Waals surface area contributed by atoms with Crippen LogP contribution in [-0.2, 0) is 14.3 Å².